The lowest BCUT2D eigenvalue weighted by Crippen LogP contribution is -2.09. The maximum absolute atomic E-state index is 13.0. The molecule has 5 heteroatoms. The molecule has 1 aromatic carbocycles. The summed E-state index contributed by atoms with van der Waals surface area (Å²) < 4.78 is 17.9. The predicted molar refractivity (Wildman–Crippen MR) is 67.9 cm³/mol. The molecule has 0 amide bonds. The molecule has 102 valence electrons. The molecule has 1 rings (SSSR count). The minimum Gasteiger partial charge on any atom is -0.481 e. The van der Waals surface area contributed by atoms with Crippen LogP contribution in [0.1, 0.15) is 25.3 Å². The van der Waals surface area contributed by atoms with Gasteiger partial charge in [0, 0.05) is 12.0 Å². The molecule has 0 radical (unpaired) electrons. The zero-order valence-electron chi connectivity index (χ0n) is 10.6. The fraction of sp³-hybridized carbons (Fsp3) is 0.286. The molecular formula is C14H15FO4. The van der Waals surface area contributed by atoms with Gasteiger partial charge in [0.25, 0.3) is 0 Å². The van der Waals surface area contributed by atoms with E-state index in [9.17, 15) is 14.0 Å². The smallest absolute Gasteiger partial charge is 0.334 e. The first-order chi connectivity index (χ1) is 9.02. The molecule has 0 saturated heterocycles. The molecular weight excluding hydrogens is 251 g/mol. The minimum atomic E-state index is -1.01. The topological polar surface area (TPSA) is 63.6 Å². The average molecular weight is 266 g/mol. The van der Waals surface area contributed by atoms with Crippen molar-refractivity contribution >= 4 is 18.0 Å². The van der Waals surface area contributed by atoms with Crippen LogP contribution in [0.15, 0.2) is 29.8 Å². The van der Waals surface area contributed by atoms with E-state index in [1.54, 1.807) is 13.0 Å². The van der Waals surface area contributed by atoms with Gasteiger partial charge in [-0.2, -0.15) is 0 Å². The zero-order valence-corrected chi connectivity index (χ0v) is 10.6. The van der Waals surface area contributed by atoms with E-state index in [1.165, 1.54) is 24.3 Å². The number of carbonyl (C=O) groups excluding carboxylic acids is 1. The Hall–Kier alpha value is -2.17. The number of ether oxygens (including phenoxy) is 1. The van der Waals surface area contributed by atoms with E-state index in [4.69, 9.17) is 9.84 Å². The van der Waals surface area contributed by atoms with Crippen molar-refractivity contribution in [3.05, 3.63) is 41.2 Å². The fourth-order valence-electron chi connectivity index (χ4n) is 1.50. The maximum Gasteiger partial charge on any atom is 0.334 e. The number of carbonyl (C=O) groups is 2. The lowest BCUT2D eigenvalue weighted by Gasteiger charge is -2.06. The third-order valence-electron chi connectivity index (χ3n) is 2.34. The van der Waals surface area contributed by atoms with Crippen LogP contribution < -0.4 is 0 Å². The molecule has 1 N–H and O–H groups in total. The number of benzene rings is 1. The number of carboxylic acid groups (broad SMARTS) is 1. The van der Waals surface area contributed by atoms with Gasteiger partial charge >= 0.3 is 11.9 Å². The third kappa shape index (κ3) is 5.33. The van der Waals surface area contributed by atoms with Crippen LogP contribution in [0.5, 0.6) is 0 Å². The second kappa shape index (κ2) is 7.31. The van der Waals surface area contributed by atoms with Gasteiger partial charge in [0.1, 0.15) is 5.82 Å². The Morgan fingerprint density at radius 2 is 2.11 bits per heavy atom. The summed E-state index contributed by atoms with van der Waals surface area (Å²) in [6.07, 6.45) is 1.31. The Morgan fingerprint density at radius 1 is 1.37 bits per heavy atom. The molecule has 0 aromatic heterocycles. The Balaban J connectivity index is 2.94. The molecule has 1 aromatic rings. The van der Waals surface area contributed by atoms with Crippen molar-refractivity contribution in [3.63, 3.8) is 0 Å². The van der Waals surface area contributed by atoms with Crippen LogP contribution in [-0.2, 0) is 14.3 Å². The van der Waals surface area contributed by atoms with Crippen LogP contribution in [0.3, 0.4) is 0 Å². The highest BCUT2D eigenvalue weighted by Gasteiger charge is 2.12. The summed E-state index contributed by atoms with van der Waals surface area (Å²) in [5.41, 5.74) is 0.711. The third-order valence-corrected chi connectivity index (χ3v) is 2.34. The minimum absolute atomic E-state index is 0.0463. The summed E-state index contributed by atoms with van der Waals surface area (Å²) in [5.74, 6) is -2.00. The lowest BCUT2D eigenvalue weighted by molar-refractivity contribution is -0.138. The molecule has 4 nitrogen and oxygen atoms in total. The van der Waals surface area contributed by atoms with Crippen molar-refractivity contribution in [2.45, 2.75) is 19.8 Å². The van der Waals surface area contributed by atoms with E-state index in [0.29, 0.717) is 5.56 Å². The van der Waals surface area contributed by atoms with E-state index in [0.717, 1.165) is 0 Å². The first-order valence-electron chi connectivity index (χ1n) is 5.88. The van der Waals surface area contributed by atoms with Crippen LogP contribution in [0.2, 0.25) is 0 Å². The standard InChI is InChI=1S/C14H15FO4/c1-2-19-14(18)11(6-7-13(16)17)8-10-4-3-5-12(15)9-10/h3-5,8-9H,2,6-7H2,1H3,(H,16,17)/b11-8-. The van der Waals surface area contributed by atoms with Crippen LogP contribution >= 0.6 is 0 Å². The van der Waals surface area contributed by atoms with Crippen LogP contribution in [0, 0.1) is 5.82 Å². The molecule has 19 heavy (non-hydrogen) atoms. The Labute approximate surface area is 110 Å². The van der Waals surface area contributed by atoms with E-state index in [2.05, 4.69) is 0 Å². The molecule has 0 fully saturated rings. The summed E-state index contributed by atoms with van der Waals surface area (Å²) in [4.78, 5) is 22.2. The summed E-state index contributed by atoms with van der Waals surface area (Å²) in [5, 5.41) is 8.64. The predicted octanol–water partition coefficient (Wildman–Crippen LogP) is 2.64. The van der Waals surface area contributed by atoms with Gasteiger partial charge in [0.05, 0.1) is 6.61 Å². The van der Waals surface area contributed by atoms with Gasteiger partial charge < -0.3 is 9.84 Å². The Kier molecular flexibility index (Phi) is 5.73. The van der Waals surface area contributed by atoms with Crippen molar-refractivity contribution in [3.8, 4) is 0 Å². The van der Waals surface area contributed by atoms with Crippen LogP contribution in [0.25, 0.3) is 6.08 Å². The van der Waals surface area contributed by atoms with Gasteiger partial charge in [-0.3, -0.25) is 4.79 Å². The fourth-order valence-corrected chi connectivity index (χ4v) is 1.50. The van der Waals surface area contributed by atoms with E-state index in [1.807, 2.05) is 0 Å². The van der Waals surface area contributed by atoms with Gasteiger partial charge in [-0.25, -0.2) is 9.18 Å². The van der Waals surface area contributed by atoms with Gasteiger partial charge in [-0.15, -0.1) is 0 Å². The number of esters is 1. The highest BCUT2D eigenvalue weighted by atomic mass is 19.1. The Morgan fingerprint density at radius 3 is 2.68 bits per heavy atom. The summed E-state index contributed by atoms with van der Waals surface area (Å²) in [7, 11) is 0. The second-order valence-electron chi connectivity index (χ2n) is 3.84. The normalized spacial score (nSPS) is 11.2. The molecule has 0 aliphatic heterocycles. The van der Waals surface area contributed by atoms with Crippen molar-refractivity contribution < 1.29 is 23.8 Å². The zero-order chi connectivity index (χ0) is 14.3. The SMILES string of the molecule is CCOC(=O)/C(=C\c1cccc(F)c1)CCC(=O)O. The van der Waals surface area contributed by atoms with Gasteiger partial charge in [0.15, 0.2) is 0 Å². The van der Waals surface area contributed by atoms with E-state index in [-0.39, 0.29) is 25.0 Å². The van der Waals surface area contributed by atoms with Gasteiger partial charge in [-0.1, -0.05) is 12.1 Å². The summed E-state index contributed by atoms with van der Waals surface area (Å²) in [6, 6.07) is 5.70. The molecule has 0 saturated carbocycles. The number of hydrogen-bond donors (Lipinski definition) is 1. The molecule has 0 unspecified atom stereocenters. The van der Waals surface area contributed by atoms with Crippen molar-refractivity contribution in [2.24, 2.45) is 0 Å². The Bertz CT molecular complexity index is 494. The highest BCUT2D eigenvalue weighted by molar-refractivity contribution is 5.94. The van der Waals surface area contributed by atoms with E-state index < -0.39 is 17.8 Å². The molecule has 0 heterocycles. The lowest BCUT2D eigenvalue weighted by atomic mass is 10.1. The highest BCUT2D eigenvalue weighted by Crippen LogP contribution is 2.14. The molecule has 0 aliphatic carbocycles. The molecule has 0 spiro atoms. The average Bonchev–Trinajstić information content (AvgIpc) is 2.34. The maximum atomic E-state index is 13.0. The van der Waals surface area contributed by atoms with E-state index >= 15 is 0 Å². The monoisotopic (exact) mass is 266 g/mol. The van der Waals surface area contributed by atoms with Crippen molar-refractivity contribution in [1.29, 1.82) is 0 Å². The number of hydrogen-bond acceptors (Lipinski definition) is 3. The van der Waals surface area contributed by atoms with Crippen LogP contribution in [0.4, 0.5) is 4.39 Å². The van der Waals surface area contributed by atoms with Gasteiger partial charge in [0.2, 0.25) is 0 Å². The number of rotatable bonds is 6. The van der Waals surface area contributed by atoms with Gasteiger partial charge in [-0.05, 0) is 37.1 Å². The first-order valence-corrected chi connectivity index (χ1v) is 5.88. The second-order valence-corrected chi connectivity index (χ2v) is 3.84. The summed E-state index contributed by atoms with van der Waals surface area (Å²) >= 11 is 0. The van der Waals surface area contributed by atoms with Crippen molar-refractivity contribution in [2.75, 3.05) is 6.61 Å². The quantitative estimate of drug-likeness (QED) is 0.635. The number of carboxylic acids is 1. The molecule has 0 aliphatic rings. The molecule has 0 atom stereocenters. The first kappa shape index (κ1) is 14.9. The summed E-state index contributed by atoms with van der Waals surface area (Å²) in [6.45, 7) is 1.86. The number of halogens is 1. The molecule has 0 bridgehead atoms. The number of aliphatic carboxylic acids is 1. The van der Waals surface area contributed by atoms with Crippen molar-refractivity contribution in [1.82, 2.24) is 0 Å². The largest absolute Gasteiger partial charge is 0.481 e. The van der Waals surface area contributed by atoms with Crippen LogP contribution in [-0.4, -0.2) is 23.7 Å².